The van der Waals surface area contributed by atoms with Gasteiger partial charge in [-0.05, 0) is 131 Å². The van der Waals surface area contributed by atoms with Crippen LogP contribution in [0.15, 0.2) is 115 Å². The van der Waals surface area contributed by atoms with Crippen LogP contribution in [0.1, 0.15) is 99.8 Å². The van der Waals surface area contributed by atoms with Crippen LogP contribution in [0.2, 0.25) is 0 Å². The highest BCUT2D eigenvalue weighted by Gasteiger charge is 2.56. The molecule has 1 heteroatoms. The zero-order valence-corrected chi connectivity index (χ0v) is 28.4. The lowest BCUT2D eigenvalue weighted by Crippen LogP contribution is -2.48. The molecule has 3 fully saturated rings. The molecule has 0 aromatic heterocycles. The zero-order valence-electron chi connectivity index (χ0n) is 28.4. The lowest BCUT2D eigenvalue weighted by atomic mass is 9.50. The average molecular weight is 626 g/mol. The first-order chi connectivity index (χ1) is 23.7. The Morgan fingerprint density at radius 3 is 2.02 bits per heavy atom. The Balaban J connectivity index is 1.17. The number of anilines is 3. The summed E-state index contributed by atoms with van der Waals surface area (Å²) in [7, 11) is 0. The summed E-state index contributed by atoms with van der Waals surface area (Å²) in [6.07, 6.45) is 14.8. The summed E-state index contributed by atoms with van der Waals surface area (Å²) in [5.74, 6) is 2.31. The molecule has 0 amide bonds. The maximum absolute atomic E-state index is 2.64. The fourth-order valence-electron chi connectivity index (χ4n) is 12.0. The van der Waals surface area contributed by atoms with Crippen molar-refractivity contribution in [1.82, 2.24) is 0 Å². The first-order valence-corrected chi connectivity index (χ1v) is 19.1. The van der Waals surface area contributed by atoms with E-state index >= 15 is 0 Å². The van der Waals surface area contributed by atoms with E-state index in [1.165, 1.54) is 110 Å². The molecular formula is C47H47N. The third-order valence-corrected chi connectivity index (χ3v) is 13.8. The van der Waals surface area contributed by atoms with Crippen molar-refractivity contribution in [3.05, 3.63) is 138 Å². The van der Waals surface area contributed by atoms with E-state index in [-0.39, 0.29) is 10.8 Å². The molecule has 240 valence electrons. The summed E-state index contributed by atoms with van der Waals surface area (Å²) < 4.78 is 0. The van der Waals surface area contributed by atoms with Gasteiger partial charge in [-0.2, -0.15) is 0 Å². The lowest BCUT2D eigenvalue weighted by molar-refractivity contribution is 0.0557. The van der Waals surface area contributed by atoms with Crippen LogP contribution in [0.3, 0.4) is 0 Å². The molecule has 5 aromatic carbocycles. The Kier molecular flexibility index (Phi) is 6.59. The highest BCUT2D eigenvalue weighted by molar-refractivity contribution is 5.89. The minimum atomic E-state index is 0.111. The van der Waals surface area contributed by atoms with E-state index < -0.39 is 0 Å². The molecule has 4 atom stereocenters. The molecule has 0 saturated heterocycles. The molecule has 4 unspecified atom stereocenters. The van der Waals surface area contributed by atoms with Crippen molar-refractivity contribution in [3.8, 4) is 22.3 Å². The van der Waals surface area contributed by atoms with Gasteiger partial charge in [-0.15, -0.1) is 0 Å². The summed E-state index contributed by atoms with van der Waals surface area (Å²) in [4.78, 5) is 2.55. The van der Waals surface area contributed by atoms with Crippen LogP contribution in [0.5, 0.6) is 0 Å². The molecule has 0 aliphatic heterocycles. The van der Waals surface area contributed by atoms with Gasteiger partial charge in [-0.1, -0.05) is 124 Å². The van der Waals surface area contributed by atoms with Gasteiger partial charge in [0.1, 0.15) is 0 Å². The second-order valence-corrected chi connectivity index (χ2v) is 15.8. The second-order valence-electron chi connectivity index (χ2n) is 15.8. The maximum Gasteiger partial charge on any atom is 0.0468 e. The van der Waals surface area contributed by atoms with Crippen molar-refractivity contribution < 1.29 is 0 Å². The molecule has 2 spiro atoms. The molecule has 2 bridgehead atoms. The van der Waals surface area contributed by atoms with Gasteiger partial charge in [0.25, 0.3) is 0 Å². The van der Waals surface area contributed by atoms with Gasteiger partial charge in [0.05, 0.1) is 0 Å². The fraction of sp³-hybridized carbons (Fsp3) is 0.362. The predicted octanol–water partition coefficient (Wildman–Crippen LogP) is 12.9. The highest BCUT2D eigenvalue weighted by Crippen LogP contribution is 2.65. The van der Waals surface area contributed by atoms with Crippen molar-refractivity contribution in [2.75, 3.05) is 4.90 Å². The minimum Gasteiger partial charge on any atom is -0.310 e. The first-order valence-electron chi connectivity index (χ1n) is 19.1. The molecule has 5 aromatic rings. The first kappa shape index (κ1) is 28.9. The summed E-state index contributed by atoms with van der Waals surface area (Å²) >= 11 is 0. The average Bonchev–Trinajstić information content (AvgIpc) is 3.58. The Morgan fingerprint density at radius 1 is 0.542 bits per heavy atom. The number of benzene rings is 5. The van der Waals surface area contributed by atoms with E-state index in [9.17, 15) is 0 Å². The molecule has 48 heavy (non-hydrogen) atoms. The number of para-hydroxylation sites is 1. The van der Waals surface area contributed by atoms with E-state index in [1.807, 2.05) is 0 Å². The van der Waals surface area contributed by atoms with Gasteiger partial charge in [0, 0.05) is 27.9 Å². The van der Waals surface area contributed by atoms with E-state index in [2.05, 4.69) is 127 Å². The second kappa shape index (κ2) is 11.0. The molecular weight excluding hydrogens is 579 g/mol. The molecule has 0 N–H and O–H groups in total. The van der Waals surface area contributed by atoms with Crippen molar-refractivity contribution in [2.45, 2.75) is 88.4 Å². The van der Waals surface area contributed by atoms with Crippen LogP contribution in [-0.2, 0) is 10.8 Å². The maximum atomic E-state index is 2.64. The Hall–Kier alpha value is -4.10. The number of hydrogen-bond acceptors (Lipinski definition) is 1. The van der Waals surface area contributed by atoms with Crippen LogP contribution in [0.25, 0.3) is 22.3 Å². The van der Waals surface area contributed by atoms with Crippen molar-refractivity contribution in [3.63, 3.8) is 0 Å². The standard InChI is InChI=1S/C47H47N/c1-2-33-28-32-14-13-15-34(29-32)47(33)44-21-10-8-18-38(44)40-24-22-37(31-45(40)47)48(35-16-5-3-6-17-35)36-23-25-43-41(30-36)39-19-7-9-20-42(39)46(43)26-11-4-12-27-46/h3,5-10,16-25,30-34H,2,4,11-15,26-29H2,1H3. The zero-order chi connectivity index (χ0) is 31.9. The van der Waals surface area contributed by atoms with Gasteiger partial charge < -0.3 is 4.90 Å². The molecule has 0 radical (unpaired) electrons. The molecule has 10 rings (SSSR count). The largest absolute Gasteiger partial charge is 0.310 e. The van der Waals surface area contributed by atoms with Gasteiger partial charge >= 0.3 is 0 Å². The number of fused-ring (bicyclic) bond motifs is 13. The number of hydrogen-bond donors (Lipinski definition) is 0. The lowest BCUT2D eigenvalue weighted by Gasteiger charge is -2.54. The molecule has 5 aliphatic rings. The van der Waals surface area contributed by atoms with Crippen LogP contribution in [0, 0.1) is 17.8 Å². The van der Waals surface area contributed by atoms with E-state index in [1.54, 1.807) is 22.3 Å². The van der Waals surface area contributed by atoms with E-state index in [0.29, 0.717) is 5.92 Å². The third-order valence-electron chi connectivity index (χ3n) is 13.8. The van der Waals surface area contributed by atoms with Crippen molar-refractivity contribution in [2.24, 2.45) is 17.8 Å². The monoisotopic (exact) mass is 625 g/mol. The molecule has 5 aliphatic carbocycles. The van der Waals surface area contributed by atoms with Crippen LogP contribution < -0.4 is 4.90 Å². The van der Waals surface area contributed by atoms with Gasteiger partial charge in [0.2, 0.25) is 0 Å². The van der Waals surface area contributed by atoms with Crippen LogP contribution in [0.4, 0.5) is 17.1 Å². The predicted molar refractivity (Wildman–Crippen MR) is 200 cm³/mol. The normalized spacial score (nSPS) is 25.7. The van der Waals surface area contributed by atoms with Gasteiger partial charge in [0.15, 0.2) is 0 Å². The molecule has 3 saturated carbocycles. The van der Waals surface area contributed by atoms with Crippen LogP contribution >= 0.6 is 0 Å². The molecule has 1 nitrogen and oxygen atoms in total. The summed E-state index contributed by atoms with van der Waals surface area (Å²) in [6, 6.07) is 45.0. The summed E-state index contributed by atoms with van der Waals surface area (Å²) in [6.45, 7) is 2.47. The van der Waals surface area contributed by atoms with Crippen molar-refractivity contribution >= 4 is 17.1 Å². The smallest absolute Gasteiger partial charge is 0.0468 e. The van der Waals surface area contributed by atoms with Crippen molar-refractivity contribution in [1.29, 1.82) is 0 Å². The number of nitrogens with zero attached hydrogens (tertiary/aromatic N) is 1. The van der Waals surface area contributed by atoms with E-state index in [0.717, 1.165) is 11.8 Å². The molecule has 0 heterocycles. The fourth-order valence-corrected chi connectivity index (χ4v) is 12.0. The van der Waals surface area contributed by atoms with E-state index in [4.69, 9.17) is 0 Å². The third kappa shape index (κ3) is 3.91. The quantitative estimate of drug-likeness (QED) is 0.192. The number of rotatable bonds is 4. The van der Waals surface area contributed by atoms with Gasteiger partial charge in [-0.3, -0.25) is 0 Å². The summed E-state index contributed by atoms with van der Waals surface area (Å²) in [5, 5.41) is 0. The Morgan fingerprint density at radius 2 is 1.21 bits per heavy atom. The SMILES string of the molecule is CCC1CC2CCCC(C2)C12c1ccccc1-c1ccc(N(c3ccccc3)c3ccc4c(c3)-c3ccccc3C43CCCCC3)cc12. The Labute approximate surface area is 287 Å². The summed E-state index contributed by atoms with van der Waals surface area (Å²) in [5.41, 5.74) is 16.3. The Bertz CT molecular complexity index is 2010. The highest BCUT2D eigenvalue weighted by atomic mass is 15.1. The minimum absolute atomic E-state index is 0.111. The van der Waals surface area contributed by atoms with Crippen LogP contribution in [-0.4, -0.2) is 0 Å². The van der Waals surface area contributed by atoms with Gasteiger partial charge in [-0.25, -0.2) is 0 Å². The topological polar surface area (TPSA) is 3.24 Å².